The molecule has 95 heavy (non-hydrogen) atoms. The summed E-state index contributed by atoms with van der Waals surface area (Å²) in [5.41, 5.74) is 10.1. The van der Waals surface area contributed by atoms with E-state index in [1.54, 1.807) is 16.3 Å². The van der Waals surface area contributed by atoms with Crippen LogP contribution in [0.4, 0.5) is 8.78 Å². The van der Waals surface area contributed by atoms with Gasteiger partial charge in [-0.1, -0.05) is 224 Å². The maximum absolute atomic E-state index is 15.7. The van der Waals surface area contributed by atoms with E-state index in [-0.39, 0.29) is 40.6 Å². The second-order valence-corrected chi connectivity index (χ2v) is 36.5. The lowest BCUT2D eigenvalue weighted by atomic mass is 9.53. The molecule has 0 amide bonds. The van der Waals surface area contributed by atoms with Gasteiger partial charge in [-0.25, -0.2) is 8.78 Å². The van der Waals surface area contributed by atoms with E-state index in [9.17, 15) is 0 Å². The van der Waals surface area contributed by atoms with Crippen molar-refractivity contribution in [1.82, 2.24) is 9.80 Å². The van der Waals surface area contributed by atoms with Gasteiger partial charge in [-0.15, -0.1) is 6.58 Å². The maximum Gasteiger partial charge on any atom is 0.104 e. The zero-order valence-electron chi connectivity index (χ0n) is 56.2. The minimum Gasteiger partial charge on any atom is -0.362 e. The summed E-state index contributed by atoms with van der Waals surface area (Å²) in [6, 6.07) is 0.522. The molecule has 0 N–H and O–H groups in total. The SMILES string of the molecule is C=CC1=CCC(C2(C3=CC=CCC3)C3CCC=CC3C3C=CC(N(C4=CC5C6C=C(N(C7=CC=C(F)CC7)C7C=CC8C9C=CC=CC9C(C9=CCC(C=C)C=C9)(C9CC=CCC9)C8C7)CCC6[Si](C6=CCCC=C6)(C6C=CC=CC6)C5C=C4)C4CC=C(F)CC4)CC32)C=C1. The van der Waals surface area contributed by atoms with Crippen LogP contribution < -0.4 is 0 Å². The molecule has 22 atom stereocenters. The van der Waals surface area contributed by atoms with Gasteiger partial charge in [0.25, 0.3) is 0 Å². The molecular weight excluding hydrogens is 1180 g/mol. The van der Waals surface area contributed by atoms with Crippen molar-refractivity contribution in [3.05, 3.63) is 289 Å². The molecule has 3 fully saturated rings. The fraction of sp³-hybridized carbons (Fsp3) is 0.467. The minimum atomic E-state index is -2.47. The first kappa shape index (κ1) is 62.0. The Labute approximate surface area is 569 Å². The lowest BCUT2D eigenvalue weighted by Crippen LogP contribution is -2.50. The maximum atomic E-state index is 15.7. The van der Waals surface area contributed by atoms with Crippen molar-refractivity contribution in [3.63, 3.8) is 0 Å². The van der Waals surface area contributed by atoms with Gasteiger partial charge in [-0.3, -0.25) is 0 Å². The van der Waals surface area contributed by atoms with Crippen LogP contribution in [0.25, 0.3) is 0 Å². The van der Waals surface area contributed by atoms with Crippen LogP contribution >= 0.6 is 0 Å². The largest absolute Gasteiger partial charge is 0.362 e. The third-order valence-electron chi connectivity index (χ3n) is 28.3. The van der Waals surface area contributed by atoms with Gasteiger partial charge in [-0.05, 0) is 245 Å². The van der Waals surface area contributed by atoms with Crippen molar-refractivity contribution in [1.29, 1.82) is 0 Å². The van der Waals surface area contributed by atoms with E-state index in [0.717, 1.165) is 103 Å². The average Bonchev–Trinajstić information content (AvgIpc) is 1.56. The summed E-state index contributed by atoms with van der Waals surface area (Å²) < 4.78 is 31.3. The summed E-state index contributed by atoms with van der Waals surface area (Å²) in [5.74, 6) is 5.82. The third-order valence-corrected chi connectivity index (χ3v) is 34.9. The molecule has 1 aliphatic heterocycles. The monoisotopic (exact) mass is 1280 g/mol. The molecule has 17 aliphatic rings. The van der Waals surface area contributed by atoms with Gasteiger partial charge in [0, 0.05) is 52.8 Å². The van der Waals surface area contributed by atoms with Gasteiger partial charge in [0.05, 0.1) is 11.9 Å². The predicted octanol–water partition coefficient (Wildman–Crippen LogP) is 22.9. The highest BCUT2D eigenvalue weighted by molar-refractivity contribution is 6.92. The lowest BCUT2D eigenvalue weighted by Gasteiger charge is -2.52. The number of nitrogens with zero attached hydrogens (tertiary/aromatic N) is 2. The lowest BCUT2D eigenvalue weighted by molar-refractivity contribution is 0.0656. The molecule has 17 rings (SSSR count). The summed E-state index contributed by atoms with van der Waals surface area (Å²) >= 11 is 0. The van der Waals surface area contributed by atoms with Crippen LogP contribution in [0.3, 0.4) is 0 Å². The molecule has 0 bridgehead atoms. The van der Waals surface area contributed by atoms with Crippen molar-refractivity contribution in [3.8, 4) is 0 Å². The second kappa shape index (κ2) is 25.7. The number of hydrogen-bond donors (Lipinski definition) is 0. The zero-order chi connectivity index (χ0) is 63.8. The van der Waals surface area contributed by atoms with E-state index in [4.69, 9.17) is 0 Å². The average molecular weight is 1280 g/mol. The standard InChI is InChI=1S/C90H102F2N2Si/c1-3-61-33-37-65(38-34-61)89(63-21-9-5-10-22-63)83-31-19-17-29-77(83)79-53-49-73(59-85(79)89)93(69-45-41-67(91)42-46-69)71-51-55-87-81(57-71)82-58-72(52-56-88(82)95(87,75-25-13-7-14-26-75)76-27-15-8-16-28-76)94(70-47-43-68(92)44-48-70)74-50-54-80-78-30-18-20-32-84(78)90(86(80)60-74,64-23-11-6-12-24-64)66-39-35-62(4-2)36-40-66/h3-7,9,11,13-15,17-19,23,25,27-31,33,35-39,41,43,45,49-50,52-54,56-58,61,63,66,70,73-75,77-88H,1-2,8,10,12,16,20-22,24,26,32,34,40,42,44,46-48,51,55,59-60H2. The first-order chi connectivity index (χ1) is 46.8. The number of halogens is 2. The molecule has 2 saturated carbocycles. The van der Waals surface area contributed by atoms with Gasteiger partial charge in [0.1, 0.15) is 13.9 Å². The highest BCUT2D eigenvalue weighted by Crippen LogP contribution is 2.73. The summed E-state index contributed by atoms with van der Waals surface area (Å²) in [6.45, 7) is 8.50. The molecule has 0 aromatic heterocycles. The number of fused-ring (bicyclic) bond motifs is 9. The summed E-state index contributed by atoms with van der Waals surface area (Å²) in [5, 5.41) is 1.70. The topological polar surface area (TPSA) is 6.48 Å². The molecule has 0 spiro atoms. The van der Waals surface area contributed by atoms with Gasteiger partial charge in [0.15, 0.2) is 0 Å². The Hall–Kier alpha value is -6.56. The number of rotatable bonds is 14. The molecule has 5 heteroatoms. The Balaban J connectivity index is 0.797. The molecule has 0 aromatic rings. The van der Waals surface area contributed by atoms with Crippen LogP contribution in [-0.2, 0) is 0 Å². The molecule has 22 unspecified atom stereocenters. The van der Waals surface area contributed by atoms with Gasteiger partial charge < -0.3 is 9.80 Å². The van der Waals surface area contributed by atoms with Crippen molar-refractivity contribution < 1.29 is 8.78 Å². The zero-order valence-corrected chi connectivity index (χ0v) is 57.2. The van der Waals surface area contributed by atoms with Crippen molar-refractivity contribution in [2.45, 2.75) is 170 Å². The van der Waals surface area contributed by atoms with Gasteiger partial charge in [-0.2, -0.15) is 0 Å². The van der Waals surface area contributed by atoms with Crippen molar-refractivity contribution in [2.75, 3.05) is 0 Å². The highest BCUT2D eigenvalue weighted by atomic mass is 28.3. The Morgan fingerprint density at radius 3 is 2.13 bits per heavy atom. The van der Waals surface area contributed by atoms with Gasteiger partial charge in [0.2, 0.25) is 0 Å². The third kappa shape index (κ3) is 10.1. The first-order valence-electron chi connectivity index (χ1n) is 38.0. The Morgan fingerprint density at radius 1 is 0.505 bits per heavy atom. The van der Waals surface area contributed by atoms with Crippen molar-refractivity contribution in [2.24, 2.45) is 87.8 Å². The molecule has 1 heterocycles. The van der Waals surface area contributed by atoms with E-state index in [0.29, 0.717) is 113 Å². The molecular formula is C90H102F2N2Si. The second-order valence-electron chi connectivity index (χ2n) is 31.9. The smallest absolute Gasteiger partial charge is 0.104 e. The normalized spacial score (nSPS) is 42.9. The van der Waals surface area contributed by atoms with Crippen LogP contribution in [0.1, 0.15) is 135 Å². The number of hydrogen-bond acceptors (Lipinski definition) is 2. The van der Waals surface area contributed by atoms with E-state index in [1.807, 2.05) is 18.2 Å². The van der Waals surface area contributed by atoms with E-state index >= 15 is 8.78 Å². The predicted molar refractivity (Wildman–Crippen MR) is 393 cm³/mol. The molecule has 0 aromatic carbocycles. The van der Waals surface area contributed by atoms with Crippen LogP contribution in [0.5, 0.6) is 0 Å². The highest BCUT2D eigenvalue weighted by Gasteiger charge is 2.68. The Kier molecular flexibility index (Phi) is 16.8. The van der Waals surface area contributed by atoms with Crippen LogP contribution in [-0.4, -0.2) is 36.0 Å². The Bertz CT molecular complexity index is 3810. The fourth-order valence-corrected chi connectivity index (χ4v) is 32.5. The van der Waals surface area contributed by atoms with E-state index in [2.05, 4.69) is 230 Å². The van der Waals surface area contributed by atoms with Crippen LogP contribution in [0, 0.1) is 87.8 Å². The van der Waals surface area contributed by atoms with E-state index in [1.165, 1.54) is 35.5 Å². The molecule has 16 aliphatic carbocycles. The molecule has 1 saturated heterocycles. The molecule has 0 radical (unpaired) electrons. The quantitative estimate of drug-likeness (QED) is 0.126. The van der Waals surface area contributed by atoms with Crippen LogP contribution in [0.15, 0.2) is 289 Å². The van der Waals surface area contributed by atoms with Crippen LogP contribution in [0.2, 0.25) is 16.6 Å². The van der Waals surface area contributed by atoms with Gasteiger partial charge >= 0.3 is 0 Å². The molecule has 490 valence electrons. The molecule has 2 nitrogen and oxygen atoms in total. The van der Waals surface area contributed by atoms with E-state index < -0.39 is 8.07 Å². The Morgan fingerprint density at radius 2 is 1.37 bits per heavy atom. The summed E-state index contributed by atoms with van der Waals surface area (Å²) in [4.78, 5) is 5.76. The van der Waals surface area contributed by atoms with Crippen molar-refractivity contribution >= 4 is 8.07 Å². The first-order valence-corrected chi connectivity index (χ1v) is 40.3. The summed E-state index contributed by atoms with van der Waals surface area (Å²) in [6.07, 6.45) is 114. The minimum absolute atomic E-state index is 0.00187. The summed E-state index contributed by atoms with van der Waals surface area (Å²) in [7, 11) is -2.47. The number of allylic oxidation sites excluding steroid dienone is 42. The fourth-order valence-electron chi connectivity index (χ4n) is 24.9.